The summed E-state index contributed by atoms with van der Waals surface area (Å²) in [6.07, 6.45) is 0. The standard InChI is InChI=1S/C27H28FN3O4/c28-21-7-9-22(10-8-21)30-12-14-31(15-13-30)24(20-6-11-25-26(16-20)35-19-34-25)17-29-27(32)18-33-23-4-2-1-3-5-23/h1-11,16,24H,12-15,17-19H2,(H,29,32)/t24-/m1/s1. The molecule has 7 nitrogen and oxygen atoms in total. The van der Waals surface area contributed by atoms with E-state index in [1.54, 1.807) is 0 Å². The lowest BCUT2D eigenvalue weighted by molar-refractivity contribution is -0.123. The fourth-order valence-corrected chi connectivity index (χ4v) is 4.45. The molecule has 1 atom stereocenters. The van der Waals surface area contributed by atoms with E-state index in [0.29, 0.717) is 12.3 Å². The lowest BCUT2D eigenvalue weighted by Gasteiger charge is -2.40. The number of rotatable bonds is 8. The van der Waals surface area contributed by atoms with Crippen molar-refractivity contribution in [1.29, 1.82) is 0 Å². The number of nitrogens with one attached hydrogen (secondary N) is 1. The molecule has 8 heteroatoms. The van der Waals surface area contributed by atoms with Crippen molar-refractivity contribution in [3.8, 4) is 17.2 Å². The number of carbonyl (C=O) groups excluding carboxylic acids is 1. The largest absolute Gasteiger partial charge is 0.484 e. The number of hydrogen-bond acceptors (Lipinski definition) is 6. The van der Waals surface area contributed by atoms with E-state index in [1.807, 2.05) is 60.7 Å². The molecular formula is C27H28FN3O4. The lowest BCUT2D eigenvalue weighted by atomic mass is 10.0. The van der Waals surface area contributed by atoms with Crippen LogP contribution >= 0.6 is 0 Å². The van der Waals surface area contributed by atoms with Gasteiger partial charge in [0, 0.05) is 38.4 Å². The van der Waals surface area contributed by atoms with Crippen molar-refractivity contribution >= 4 is 11.6 Å². The third-order valence-corrected chi connectivity index (χ3v) is 6.33. The van der Waals surface area contributed by atoms with Crippen LogP contribution in [0.3, 0.4) is 0 Å². The Kier molecular flexibility index (Phi) is 6.99. The van der Waals surface area contributed by atoms with E-state index in [0.717, 1.165) is 48.9 Å². The zero-order valence-corrected chi connectivity index (χ0v) is 19.4. The van der Waals surface area contributed by atoms with Gasteiger partial charge >= 0.3 is 0 Å². The van der Waals surface area contributed by atoms with Gasteiger partial charge in [0.1, 0.15) is 11.6 Å². The Labute approximate surface area is 204 Å². The number of anilines is 1. The number of hydrogen-bond donors (Lipinski definition) is 1. The van der Waals surface area contributed by atoms with Crippen molar-refractivity contribution in [2.75, 3.05) is 51.0 Å². The molecule has 3 aromatic rings. The number of ether oxygens (including phenoxy) is 3. The third-order valence-electron chi connectivity index (χ3n) is 6.33. The summed E-state index contributed by atoms with van der Waals surface area (Å²) < 4.78 is 30.0. The number of carbonyl (C=O) groups is 1. The van der Waals surface area contributed by atoms with Crippen molar-refractivity contribution in [1.82, 2.24) is 10.2 Å². The Balaban J connectivity index is 1.24. The molecule has 0 aliphatic carbocycles. The van der Waals surface area contributed by atoms with Crippen molar-refractivity contribution in [3.05, 3.63) is 84.2 Å². The Morgan fingerprint density at radius 2 is 1.69 bits per heavy atom. The van der Waals surface area contributed by atoms with Gasteiger partial charge in [0.15, 0.2) is 18.1 Å². The minimum atomic E-state index is -0.234. The smallest absolute Gasteiger partial charge is 0.258 e. The highest BCUT2D eigenvalue weighted by Crippen LogP contribution is 2.35. The number of piperazine rings is 1. The maximum atomic E-state index is 13.3. The monoisotopic (exact) mass is 477 g/mol. The number of halogens is 1. The topological polar surface area (TPSA) is 63.3 Å². The van der Waals surface area contributed by atoms with E-state index in [4.69, 9.17) is 14.2 Å². The lowest BCUT2D eigenvalue weighted by Crippen LogP contribution is -2.50. The van der Waals surface area contributed by atoms with Gasteiger partial charge in [-0.2, -0.15) is 0 Å². The van der Waals surface area contributed by atoms with Crippen molar-refractivity contribution in [2.24, 2.45) is 0 Å². The highest BCUT2D eigenvalue weighted by molar-refractivity contribution is 5.77. The predicted octanol–water partition coefficient (Wildman–Crippen LogP) is 3.61. The van der Waals surface area contributed by atoms with Crippen LogP contribution in [0.1, 0.15) is 11.6 Å². The summed E-state index contributed by atoms with van der Waals surface area (Å²) in [4.78, 5) is 17.2. The molecule has 182 valence electrons. The number of nitrogens with zero attached hydrogens (tertiary/aromatic N) is 2. The second-order valence-electron chi connectivity index (χ2n) is 8.53. The molecule has 0 radical (unpaired) electrons. The molecule has 0 spiro atoms. The minimum Gasteiger partial charge on any atom is -0.484 e. The van der Waals surface area contributed by atoms with Gasteiger partial charge in [-0.3, -0.25) is 9.69 Å². The van der Waals surface area contributed by atoms with Crippen LogP contribution < -0.4 is 24.4 Å². The second kappa shape index (κ2) is 10.7. The highest BCUT2D eigenvalue weighted by Gasteiger charge is 2.27. The molecule has 2 heterocycles. The molecule has 2 aliphatic heterocycles. The first-order valence-corrected chi connectivity index (χ1v) is 11.7. The van der Waals surface area contributed by atoms with E-state index in [9.17, 15) is 9.18 Å². The van der Waals surface area contributed by atoms with Crippen LogP contribution in [0.5, 0.6) is 17.2 Å². The molecule has 3 aromatic carbocycles. The summed E-state index contributed by atoms with van der Waals surface area (Å²) in [6, 6.07) is 21.8. The Morgan fingerprint density at radius 1 is 0.943 bits per heavy atom. The summed E-state index contributed by atoms with van der Waals surface area (Å²) in [5, 5.41) is 3.03. The van der Waals surface area contributed by atoms with Gasteiger partial charge in [0.25, 0.3) is 5.91 Å². The van der Waals surface area contributed by atoms with E-state index in [2.05, 4.69) is 15.1 Å². The molecule has 1 N–H and O–H groups in total. The molecule has 1 amide bonds. The van der Waals surface area contributed by atoms with Crippen LogP contribution in [0.25, 0.3) is 0 Å². The number of para-hydroxylation sites is 1. The maximum Gasteiger partial charge on any atom is 0.258 e. The average Bonchev–Trinajstić information content (AvgIpc) is 3.37. The van der Waals surface area contributed by atoms with Gasteiger partial charge in [-0.15, -0.1) is 0 Å². The number of benzene rings is 3. The summed E-state index contributed by atoms with van der Waals surface area (Å²) in [5.74, 6) is 1.70. The predicted molar refractivity (Wildman–Crippen MR) is 130 cm³/mol. The molecule has 0 aromatic heterocycles. The normalized spacial score (nSPS) is 16.1. The summed E-state index contributed by atoms with van der Waals surface area (Å²) in [7, 11) is 0. The second-order valence-corrected chi connectivity index (χ2v) is 8.53. The van der Waals surface area contributed by atoms with Gasteiger partial charge in [-0.1, -0.05) is 24.3 Å². The van der Waals surface area contributed by atoms with Gasteiger partial charge in [-0.05, 0) is 54.1 Å². The molecule has 35 heavy (non-hydrogen) atoms. The molecule has 1 saturated heterocycles. The zero-order chi connectivity index (χ0) is 24.0. The van der Waals surface area contributed by atoms with E-state index in [1.165, 1.54) is 12.1 Å². The molecule has 5 rings (SSSR count). The fraction of sp³-hybridized carbons (Fsp3) is 0.296. The zero-order valence-electron chi connectivity index (χ0n) is 19.4. The van der Waals surface area contributed by atoms with Crippen molar-refractivity contribution in [2.45, 2.75) is 6.04 Å². The van der Waals surface area contributed by atoms with E-state index < -0.39 is 0 Å². The van der Waals surface area contributed by atoms with Gasteiger partial charge in [0.05, 0.1) is 6.04 Å². The summed E-state index contributed by atoms with van der Waals surface area (Å²) in [5.41, 5.74) is 2.06. The first-order valence-electron chi connectivity index (χ1n) is 11.7. The summed E-state index contributed by atoms with van der Waals surface area (Å²) >= 11 is 0. The third kappa shape index (κ3) is 5.66. The van der Waals surface area contributed by atoms with Gasteiger partial charge in [-0.25, -0.2) is 4.39 Å². The maximum absolute atomic E-state index is 13.3. The minimum absolute atomic E-state index is 0.0412. The fourth-order valence-electron chi connectivity index (χ4n) is 4.45. The highest BCUT2D eigenvalue weighted by atomic mass is 19.1. The van der Waals surface area contributed by atoms with Crippen LogP contribution in [0.2, 0.25) is 0 Å². The Morgan fingerprint density at radius 3 is 2.46 bits per heavy atom. The molecule has 0 saturated carbocycles. The quantitative estimate of drug-likeness (QED) is 0.535. The van der Waals surface area contributed by atoms with Gasteiger partial charge < -0.3 is 24.4 Å². The van der Waals surface area contributed by atoms with Crippen LogP contribution in [0.4, 0.5) is 10.1 Å². The van der Waals surface area contributed by atoms with E-state index >= 15 is 0 Å². The van der Waals surface area contributed by atoms with Crippen LogP contribution in [-0.2, 0) is 4.79 Å². The molecule has 2 aliphatic rings. The Bertz CT molecular complexity index is 1130. The van der Waals surface area contributed by atoms with Crippen LogP contribution in [0.15, 0.2) is 72.8 Å². The van der Waals surface area contributed by atoms with Crippen LogP contribution in [-0.4, -0.2) is 56.9 Å². The Hall–Kier alpha value is -3.78. The number of amides is 1. The summed E-state index contributed by atoms with van der Waals surface area (Å²) in [6.45, 7) is 3.81. The SMILES string of the molecule is O=C(COc1ccccc1)NC[C@H](c1ccc2c(c1)OCO2)N1CCN(c2ccc(F)cc2)CC1. The molecule has 0 bridgehead atoms. The average molecular weight is 478 g/mol. The molecule has 0 unspecified atom stereocenters. The number of fused-ring (bicyclic) bond motifs is 1. The van der Waals surface area contributed by atoms with Crippen LogP contribution in [0, 0.1) is 5.82 Å². The van der Waals surface area contributed by atoms with E-state index in [-0.39, 0.29) is 31.2 Å². The molecule has 1 fully saturated rings. The molecular weight excluding hydrogens is 449 g/mol. The van der Waals surface area contributed by atoms with Crippen molar-refractivity contribution < 1.29 is 23.4 Å². The first kappa shape index (κ1) is 23.0. The van der Waals surface area contributed by atoms with Crippen molar-refractivity contribution in [3.63, 3.8) is 0 Å². The first-order chi connectivity index (χ1) is 17.2. The van der Waals surface area contributed by atoms with Gasteiger partial charge in [0.2, 0.25) is 6.79 Å².